The van der Waals surface area contributed by atoms with Crippen LogP contribution in [0, 0.1) is 5.82 Å². The molecule has 0 saturated carbocycles. The number of rotatable bonds is 8. The van der Waals surface area contributed by atoms with Gasteiger partial charge in [-0.05, 0) is 47.9 Å². The van der Waals surface area contributed by atoms with Gasteiger partial charge in [0.25, 0.3) is 0 Å². The maximum Gasteiger partial charge on any atom is 0.167 e. The summed E-state index contributed by atoms with van der Waals surface area (Å²) in [6.45, 7) is 0. The zero-order valence-electron chi connectivity index (χ0n) is 15.6. The monoisotopic (exact) mass is 376 g/mol. The Labute approximate surface area is 163 Å². The molecule has 0 amide bonds. The molecule has 0 radical (unpaired) electrons. The lowest BCUT2D eigenvalue weighted by Crippen LogP contribution is -2.13. The SMILES string of the molecule is COc1ccccc1C(=O)CC(CC(=O)c1ccc(F)cc1)c1ccccc1. The lowest BCUT2D eigenvalue weighted by atomic mass is 9.86. The maximum absolute atomic E-state index is 13.1. The van der Waals surface area contributed by atoms with E-state index in [1.807, 2.05) is 36.4 Å². The molecule has 1 atom stereocenters. The maximum atomic E-state index is 13.1. The fourth-order valence-corrected chi connectivity index (χ4v) is 3.22. The number of para-hydroxylation sites is 1. The van der Waals surface area contributed by atoms with Crippen LogP contribution in [0.5, 0.6) is 5.75 Å². The van der Waals surface area contributed by atoms with E-state index >= 15 is 0 Å². The Morgan fingerprint density at radius 3 is 2.11 bits per heavy atom. The standard InChI is InChI=1S/C24H21FO3/c1-28-24-10-6-5-9-21(24)23(27)16-19(17-7-3-2-4-8-17)15-22(26)18-11-13-20(25)14-12-18/h2-14,19H,15-16H2,1H3. The summed E-state index contributed by atoms with van der Waals surface area (Å²) < 4.78 is 18.4. The van der Waals surface area contributed by atoms with Gasteiger partial charge in [0.15, 0.2) is 11.6 Å². The molecule has 0 aromatic heterocycles. The smallest absolute Gasteiger partial charge is 0.167 e. The molecule has 0 heterocycles. The summed E-state index contributed by atoms with van der Waals surface area (Å²) in [4.78, 5) is 25.7. The van der Waals surface area contributed by atoms with Crippen molar-refractivity contribution in [2.75, 3.05) is 7.11 Å². The minimum absolute atomic E-state index is 0.0850. The Bertz CT molecular complexity index is 949. The lowest BCUT2D eigenvalue weighted by molar-refractivity contribution is 0.0943. The molecule has 3 nitrogen and oxygen atoms in total. The van der Waals surface area contributed by atoms with Crippen molar-refractivity contribution in [2.24, 2.45) is 0 Å². The Balaban J connectivity index is 1.84. The highest BCUT2D eigenvalue weighted by atomic mass is 19.1. The molecule has 3 aromatic rings. The summed E-state index contributed by atoms with van der Waals surface area (Å²) in [5, 5.41) is 0. The second-order valence-electron chi connectivity index (χ2n) is 6.57. The highest BCUT2D eigenvalue weighted by Gasteiger charge is 2.22. The number of ether oxygens (including phenoxy) is 1. The van der Waals surface area contributed by atoms with E-state index in [-0.39, 0.29) is 36.1 Å². The quantitative estimate of drug-likeness (QED) is 0.490. The van der Waals surface area contributed by atoms with Crippen LogP contribution in [0.4, 0.5) is 4.39 Å². The topological polar surface area (TPSA) is 43.4 Å². The number of Topliss-reactive ketones (excluding diaryl/α,β-unsaturated/α-hetero) is 2. The highest BCUT2D eigenvalue weighted by Crippen LogP contribution is 2.29. The molecule has 142 valence electrons. The summed E-state index contributed by atoms with van der Waals surface area (Å²) >= 11 is 0. The first kappa shape index (κ1) is 19.5. The summed E-state index contributed by atoms with van der Waals surface area (Å²) in [7, 11) is 1.53. The van der Waals surface area contributed by atoms with Gasteiger partial charge in [-0.25, -0.2) is 4.39 Å². The van der Waals surface area contributed by atoms with E-state index in [2.05, 4.69) is 0 Å². The second-order valence-corrected chi connectivity index (χ2v) is 6.57. The van der Waals surface area contributed by atoms with Gasteiger partial charge in [-0.2, -0.15) is 0 Å². The van der Waals surface area contributed by atoms with Crippen LogP contribution in [0.15, 0.2) is 78.9 Å². The molecular formula is C24H21FO3. The Hall–Kier alpha value is -3.27. The molecule has 4 heteroatoms. The number of methoxy groups -OCH3 is 1. The molecule has 3 aromatic carbocycles. The van der Waals surface area contributed by atoms with Crippen molar-refractivity contribution in [2.45, 2.75) is 18.8 Å². The molecule has 0 N–H and O–H groups in total. The van der Waals surface area contributed by atoms with Crippen LogP contribution in [0.1, 0.15) is 45.0 Å². The zero-order chi connectivity index (χ0) is 19.9. The minimum Gasteiger partial charge on any atom is -0.496 e. The third-order valence-electron chi connectivity index (χ3n) is 4.71. The predicted molar refractivity (Wildman–Crippen MR) is 106 cm³/mol. The van der Waals surface area contributed by atoms with Crippen LogP contribution in [0.25, 0.3) is 0 Å². The van der Waals surface area contributed by atoms with Crippen LogP contribution in [-0.2, 0) is 0 Å². The van der Waals surface area contributed by atoms with Crippen LogP contribution in [0.2, 0.25) is 0 Å². The first-order valence-corrected chi connectivity index (χ1v) is 9.08. The van der Waals surface area contributed by atoms with E-state index in [9.17, 15) is 14.0 Å². The van der Waals surface area contributed by atoms with Gasteiger partial charge in [-0.1, -0.05) is 42.5 Å². The third-order valence-corrected chi connectivity index (χ3v) is 4.71. The number of hydrogen-bond donors (Lipinski definition) is 0. The van der Waals surface area contributed by atoms with Crippen LogP contribution < -0.4 is 4.74 Å². The molecule has 0 saturated heterocycles. The molecule has 0 bridgehead atoms. The molecule has 0 aliphatic carbocycles. The van der Waals surface area contributed by atoms with E-state index in [1.54, 1.807) is 18.2 Å². The largest absolute Gasteiger partial charge is 0.496 e. The highest BCUT2D eigenvalue weighted by molar-refractivity contribution is 6.00. The molecule has 0 spiro atoms. The Morgan fingerprint density at radius 2 is 1.43 bits per heavy atom. The summed E-state index contributed by atoms with van der Waals surface area (Å²) in [5.41, 5.74) is 1.86. The average Bonchev–Trinajstić information content (AvgIpc) is 2.74. The van der Waals surface area contributed by atoms with Crippen molar-refractivity contribution in [3.63, 3.8) is 0 Å². The summed E-state index contributed by atoms with van der Waals surface area (Å²) in [6, 6.07) is 22.1. The van der Waals surface area contributed by atoms with Gasteiger partial charge in [-0.3, -0.25) is 9.59 Å². The molecule has 0 fully saturated rings. The van der Waals surface area contributed by atoms with Gasteiger partial charge < -0.3 is 4.74 Å². The zero-order valence-corrected chi connectivity index (χ0v) is 15.6. The number of benzene rings is 3. The van der Waals surface area contributed by atoms with Crippen molar-refractivity contribution < 1.29 is 18.7 Å². The minimum atomic E-state index is -0.387. The lowest BCUT2D eigenvalue weighted by Gasteiger charge is -2.17. The molecular weight excluding hydrogens is 355 g/mol. The van der Waals surface area contributed by atoms with Gasteiger partial charge in [0.05, 0.1) is 12.7 Å². The van der Waals surface area contributed by atoms with Crippen molar-refractivity contribution in [1.29, 1.82) is 0 Å². The van der Waals surface area contributed by atoms with Crippen LogP contribution >= 0.6 is 0 Å². The fourth-order valence-electron chi connectivity index (χ4n) is 3.22. The molecule has 0 aliphatic heterocycles. The Morgan fingerprint density at radius 1 is 0.821 bits per heavy atom. The number of halogens is 1. The molecule has 0 aliphatic rings. The number of carbonyl (C=O) groups is 2. The Kier molecular flexibility index (Phi) is 6.33. The van der Waals surface area contributed by atoms with Gasteiger partial charge in [0.1, 0.15) is 11.6 Å². The van der Waals surface area contributed by atoms with Gasteiger partial charge >= 0.3 is 0 Å². The van der Waals surface area contributed by atoms with Crippen molar-refractivity contribution in [3.8, 4) is 5.75 Å². The van der Waals surface area contributed by atoms with Crippen LogP contribution in [0.3, 0.4) is 0 Å². The first-order chi connectivity index (χ1) is 13.6. The summed E-state index contributed by atoms with van der Waals surface area (Å²) in [5.74, 6) is -0.359. The van der Waals surface area contributed by atoms with Crippen molar-refractivity contribution in [3.05, 3.63) is 101 Å². The van der Waals surface area contributed by atoms with E-state index < -0.39 is 0 Å². The van der Waals surface area contributed by atoms with Gasteiger partial charge in [0, 0.05) is 18.4 Å². The van der Waals surface area contributed by atoms with E-state index in [0.29, 0.717) is 16.9 Å². The predicted octanol–water partition coefficient (Wildman–Crippen LogP) is 5.46. The third kappa shape index (κ3) is 4.71. The van der Waals surface area contributed by atoms with Crippen molar-refractivity contribution >= 4 is 11.6 Å². The normalized spacial score (nSPS) is 11.6. The number of ketones is 2. The van der Waals surface area contributed by atoms with E-state index in [1.165, 1.54) is 31.4 Å². The molecule has 28 heavy (non-hydrogen) atoms. The van der Waals surface area contributed by atoms with Crippen LogP contribution in [-0.4, -0.2) is 18.7 Å². The fraction of sp³-hybridized carbons (Fsp3) is 0.167. The number of hydrogen-bond acceptors (Lipinski definition) is 3. The second kappa shape index (κ2) is 9.09. The molecule has 1 unspecified atom stereocenters. The summed E-state index contributed by atoms with van der Waals surface area (Å²) in [6.07, 6.45) is 0.341. The van der Waals surface area contributed by atoms with E-state index in [0.717, 1.165) is 5.56 Å². The average molecular weight is 376 g/mol. The van der Waals surface area contributed by atoms with Gasteiger partial charge in [-0.15, -0.1) is 0 Å². The number of carbonyl (C=O) groups excluding carboxylic acids is 2. The van der Waals surface area contributed by atoms with E-state index in [4.69, 9.17) is 4.74 Å². The van der Waals surface area contributed by atoms with Gasteiger partial charge in [0.2, 0.25) is 0 Å². The molecule has 3 rings (SSSR count). The van der Waals surface area contributed by atoms with Crippen molar-refractivity contribution in [1.82, 2.24) is 0 Å². The first-order valence-electron chi connectivity index (χ1n) is 9.08.